The number of para-hydroxylation sites is 3. The second kappa shape index (κ2) is 15.3. The molecular formula is C33H30Cl2NOPTi. The fraction of sp³-hybridized carbons (Fsp3) is 0.0909. The van der Waals surface area contributed by atoms with Crippen molar-refractivity contribution in [1.82, 2.24) is 0 Å². The van der Waals surface area contributed by atoms with Gasteiger partial charge < -0.3 is 10.0 Å². The maximum atomic E-state index is 11.2. The average Bonchev–Trinajstić information content (AvgIpc) is 2.97. The summed E-state index contributed by atoms with van der Waals surface area (Å²) in [6.45, 7) is 2.93. The molecule has 1 N–H and O–H groups in total. The second-order valence-electron chi connectivity index (χ2n) is 9.04. The second-order valence-corrected chi connectivity index (χ2v) is 12.9. The molecule has 0 spiro atoms. The van der Waals surface area contributed by atoms with Gasteiger partial charge in [0.2, 0.25) is 0 Å². The molecule has 0 bridgehead atoms. The van der Waals surface area contributed by atoms with E-state index in [0.717, 1.165) is 35.2 Å². The molecule has 5 rings (SSSR count). The van der Waals surface area contributed by atoms with E-state index in [-0.39, 0.29) is 0 Å². The van der Waals surface area contributed by atoms with Crippen LogP contribution in [0.3, 0.4) is 0 Å². The number of aromatic hydroxyl groups is 1. The van der Waals surface area contributed by atoms with Gasteiger partial charge in [-0.05, 0) is 58.7 Å². The Kier molecular flexibility index (Phi) is 11.5. The molecule has 196 valence electrons. The number of phenolic OH excluding ortho intramolecular Hbond substituents is 1. The molecule has 0 aliphatic heterocycles. The molecule has 1 atom stereocenters. The minimum absolute atomic E-state index is 0.369. The van der Waals surface area contributed by atoms with Gasteiger partial charge in [-0.25, -0.2) is 0 Å². The van der Waals surface area contributed by atoms with Crippen molar-refractivity contribution >= 4 is 49.2 Å². The van der Waals surface area contributed by atoms with Crippen LogP contribution in [0.4, 0.5) is 11.4 Å². The topological polar surface area (TPSA) is 23.5 Å². The number of anilines is 2. The molecule has 0 radical (unpaired) electrons. The van der Waals surface area contributed by atoms with Crippen molar-refractivity contribution in [3.05, 3.63) is 150 Å². The third kappa shape index (κ3) is 8.21. The van der Waals surface area contributed by atoms with Crippen molar-refractivity contribution < 1.29 is 22.1 Å². The van der Waals surface area contributed by atoms with E-state index in [9.17, 15) is 5.11 Å². The monoisotopic (exact) mass is 605 g/mol. The van der Waals surface area contributed by atoms with E-state index < -0.39 is 17.0 Å². The molecule has 0 saturated heterocycles. The fourth-order valence-electron chi connectivity index (χ4n) is 4.54. The Morgan fingerprint density at radius 1 is 0.667 bits per heavy atom. The third-order valence-electron chi connectivity index (χ3n) is 6.44. The van der Waals surface area contributed by atoms with E-state index in [1.54, 1.807) is 0 Å². The molecule has 6 heteroatoms. The van der Waals surface area contributed by atoms with Gasteiger partial charge in [0.05, 0.1) is 0 Å². The van der Waals surface area contributed by atoms with Gasteiger partial charge in [-0.15, -0.1) is 0 Å². The van der Waals surface area contributed by atoms with Crippen LogP contribution < -0.4 is 15.5 Å². The van der Waals surface area contributed by atoms with Crippen LogP contribution in [0.25, 0.3) is 0 Å². The first-order valence-corrected chi connectivity index (χ1v) is 17.9. The van der Waals surface area contributed by atoms with Crippen molar-refractivity contribution in [2.24, 2.45) is 0 Å². The summed E-state index contributed by atoms with van der Waals surface area (Å²) in [6, 6.07) is 44.1. The first-order valence-electron chi connectivity index (χ1n) is 12.6. The summed E-state index contributed by atoms with van der Waals surface area (Å²) in [5, 5.41) is 13.5. The van der Waals surface area contributed by atoms with E-state index in [1.165, 1.54) is 22.0 Å². The maximum absolute atomic E-state index is 11.2. The van der Waals surface area contributed by atoms with Gasteiger partial charge in [-0.2, -0.15) is 0 Å². The average molecular weight is 606 g/mol. The third-order valence-corrected chi connectivity index (χ3v) is 8.08. The summed E-state index contributed by atoms with van der Waals surface area (Å²) in [5.74, 6) is 0.414. The van der Waals surface area contributed by atoms with Gasteiger partial charge in [0.25, 0.3) is 0 Å². The molecule has 5 aromatic carbocycles. The van der Waals surface area contributed by atoms with Crippen LogP contribution in [0.1, 0.15) is 22.3 Å². The van der Waals surface area contributed by atoms with E-state index >= 15 is 0 Å². The molecule has 5 aromatic rings. The predicted octanol–water partition coefficient (Wildman–Crippen LogP) is 8.64. The SMILES string of the molecule is Cc1cccc(CN(c2ccccc2)c2ccccc2)c1Pc1cccc(Cc2ccccc2)c1O.[Cl][Ti][Cl]. The van der Waals surface area contributed by atoms with Crippen molar-refractivity contribution in [3.63, 3.8) is 0 Å². The molecule has 0 aliphatic carbocycles. The van der Waals surface area contributed by atoms with Crippen LogP contribution in [0.15, 0.2) is 127 Å². The van der Waals surface area contributed by atoms with Crippen LogP contribution in [0, 0.1) is 6.92 Å². The Hall–Kier alpha value is -2.58. The van der Waals surface area contributed by atoms with Crippen molar-refractivity contribution in [3.8, 4) is 5.75 Å². The zero-order chi connectivity index (χ0) is 27.5. The Labute approximate surface area is 250 Å². The summed E-state index contributed by atoms with van der Waals surface area (Å²) in [5.41, 5.74) is 7.01. The number of hydrogen-bond donors (Lipinski definition) is 1. The molecule has 2 nitrogen and oxygen atoms in total. The number of phenols is 1. The number of hydrogen-bond acceptors (Lipinski definition) is 2. The summed E-state index contributed by atoms with van der Waals surface area (Å²) in [6.07, 6.45) is 0.724. The first-order chi connectivity index (χ1) is 19.1. The van der Waals surface area contributed by atoms with Crippen LogP contribution in [-0.4, -0.2) is 5.11 Å². The first kappa shape index (κ1) is 29.4. The van der Waals surface area contributed by atoms with E-state index in [0.29, 0.717) is 14.3 Å². The summed E-state index contributed by atoms with van der Waals surface area (Å²) < 4.78 is 0. The van der Waals surface area contributed by atoms with Gasteiger partial charge in [-0.1, -0.05) is 112 Å². The van der Waals surface area contributed by atoms with Crippen molar-refractivity contribution in [1.29, 1.82) is 0 Å². The molecule has 1 unspecified atom stereocenters. The van der Waals surface area contributed by atoms with Crippen molar-refractivity contribution in [2.75, 3.05) is 4.90 Å². The van der Waals surface area contributed by atoms with Gasteiger partial charge in [-0.3, -0.25) is 0 Å². The molecule has 0 aliphatic rings. The molecule has 0 saturated carbocycles. The van der Waals surface area contributed by atoms with Crippen LogP contribution in [0.5, 0.6) is 5.75 Å². The van der Waals surface area contributed by atoms with Crippen LogP contribution in [-0.2, 0) is 30.0 Å². The quantitative estimate of drug-likeness (QED) is 0.141. The Morgan fingerprint density at radius 3 is 1.77 bits per heavy atom. The number of rotatable bonds is 8. The fourth-order valence-corrected chi connectivity index (χ4v) is 5.87. The molecular weight excluding hydrogens is 576 g/mol. The van der Waals surface area contributed by atoms with Crippen LogP contribution >= 0.6 is 27.2 Å². The van der Waals surface area contributed by atoms with E-state index in [2.05, 4.69) is 115 Å². The van der Waals surface area contributed by atoms with E-state index in [4.69, 9.17) is 18.6 Å². The number of halogens is 2. The zero-order valence-corrected chi connectivity index (χ0v) is 25.8. The molecule has 39 heavy (non-hydrogen) atoms. The molecule has 0 fully saturated rings. The standard InChI is InChI=1S/C33H30NOP.2ClH.Ti/c1-25-13-11-17-28(24-34(29-18-7-3-8-19-29)30-20-9-4-10-21-30)33(25)36-31-22-12-16-27(32(31)35)23-26-14-5-2-6-15-26;;;/h2-22,35-36H,23-24H2,1H3;2*1H;/q;;;+2/p-2. The number of benzene rings is 5. The van der Waals surface area contributed by atoms with Gasteiger partial charge >= 0.3 is 35.6 Å². The number of aryl methyl sites for hydroxylation is 1. The summed E-state index contributed by atoms with van der Waals surface area (Å²) >= 11 is -0.556. The van der Waals surface area contributed by atoms with Gasteiger partial charge in [0.15, 0.2) is 0 Å². The summed E-state index contributed by atoms with van der Waals surface area (Å²) in [7, 11) is 10.1. The predicted molar refractivity (Wildman–Crippen MR) is 167 cm³/mol. The zero-order valence-electron chi connectivity index (χ0n) is 21.7. The minimum atomic E-state index is -0.556. The van der Waals surface area contributed by atoms with Gasteiger partial charge in [0, 0.05) is 29.6 Å². The number of nitrogens with zero attached hydrogens (tertiary/aromatic N) is 1. The van der Waals surface area contributed by atoms with Crippen LogP contribution in [0.2, 0.25) is 0 Å². The Bertz CT molecular complexity index is 1410. The Balaban J connectivity index is 0.00000112. The normalized spacial score (nSPS) is 10.6. The summed E-state index contributed by atoms with van der Waals surface area (Å²) in [4.78, 5) is 2.36. The van der Waals surface area contributed by atoms with Crippen molar-refractivity contribution in [2.45, 2.75) is 19.9 Å². The van der Waals surface area contributed by atoms with E-state index in [1.807, 2.05) is 24.3 Å². The van der Waals surface area contributed by atoms with Gasteiger partial charge in [0.1, 0.15) is 5.75 Å². The Morgan fingerprint density at radius 2 is 1.18 bits per heavy atom. The molecule has 0 aromatic heterocycles. The molecule has 0 heterocycles. The molecule has 0 amide bonds.